The van der Waals surface area contributed by atoms with Crippen LogP contribution in [-0.4, -0.2) is 37.0 Å². The summed E-state index contributed by atoms with van der Waals surface area (Å²) in [4.78, 5) is 13.6. The predicted octanol–water partition coefficient (Wildman–Crippen LogP) is 2.56. The first-order chi connectivity index (χ1) is 10.1. The lowest BCUT2D eigenvalue weighted by Crippen LogP contribution is -2.45. The van der Waals surface area contributed by atoms with Crippen LogP contribution in [0.5, 0.6) is 0 Å². The van der Waals surface area contributed by atoms with Crippen molar-refractivity contribution in [1.29, 1.82) is 0 Å². The van der Waals surface area contributed by atoms with E-state index in [0.717, 1.165) is 38.3 Å². The van der Waals surface area contributed by atoms with E-state index >= 15 is 0 Å². The molecule has 0 radical (unpaired) electrons. The summed E-state index contributed by atoms with van der Waals surface area (Å²) < 4.78 is 0. The average Bonchev–Trinajstić information content (AvgIpc) is 2.46. The Balaban J connectivity index is 2.15. The maximum Gasteiger partial charge on any atom is 0.221 e. The van der Waals surface area contributed by atoms with Gasteiger partial charge in [-0.1, -0.05) is 17.7 Å². The van der Waals surface area contributed by atoms with Crippen LogP contribution in [0.25, 0.3) is 0 Å². The van der Waals surface area contributed by atoms with E-state index in [1.54, 1.807) is 0 Å². The normalized spacial score (nSPS) is 17.2. The summed E-state index contributed by atoms with van der Waals surface area (Å²) in [5, 5.41) is 6.20. The highest BCUT2D eigenvalue weighted by Gasteiger charge is 2.22. The summed E-state index contributed by atoms with van der Waals surface area (Å²) in [6.07, 6.45) is 0.972. The summed E-state index contributed by atoms with van der Waals surface area (Å²) in [5.41, 5.74) is 3.33. The minimum atomic E-state index is -0.0386. The van der Waals surface area contributed by atoms with E-state index in [1.807, 2.05) is 12.1 Å². The molecule has 0 aromatic heterocycles. The largest absolute Gasteiger partial charge is 0.326 e. The predicted molar refractivity (Wildman–Crippen MR) is 87.4 cm³/mol. The van der Waals surface area contributed by atoms with Crippen molar-refractivity contribution >= 4 is 11.6 Å². The fourth-order valence-electron chi connectivity index (χ4n) is 2.77. The smallest absolute Gasteiger partial charge is 0.221 e. The molecule has 1 fully saturated rings. The van der Waals surface area contributed by atoms with Crippen molar-refractivity contribution < 1.29 is 4.79 Å². The van der Waals surface area contributed by atoms with Gasteiger partial charge in [0.1, 0.15) is 0 Å². The molecule has 2 N–H and O–H groups in total. The minimum Gasteiger partial charge on any atom is -0.326 e. The second-order valence-corrected chi connectivity index (χ2v) is 5.77. The van der Waals surface area contributed by atoms with Gasteiger partial charge in [-0.05, 0) is 31.0 Å². The molecule has 21 heavy (non-hydrogen) atoms. The quantitative estimate of drug-likeness (QED) is 0.818. The summed E-state index contributed by atoms with van der Waals surface area (Å²) in [6, 6.07) is 8.55. The van der Waals surface area contributed by atoms with Crippen LogP contribution >= 0.6 is 0 Å². The monoisotopic (exact) mass is 287 g/mol. The van der Waals surface area contributed by atoms with E-state index in [2.05, 4.69) is 41.2 Å². The van der Waals surface area contributed by atoms with Crippen molar-refractivity contribution in [2.24, 2.45) is 0 Å². The maximum atomic E-state index is 11.1. The lowest BCUT2D eigenvalue weighted by molar-refractivity contribution is -0.114. The van der Waals surface area contributed by atoms with Gasteiger partial charge in [0.05, 0.1) is 0 Å². The standard InChI is InChI=1S/C17H25N3O/c1-13(2)12-17(20-10-8-18-9-11-20)15-4-6-16(7-5-15)19-14(3)21/h4-7,17-18H,1,8-12H2,2-3H3,(H,19,21)/t17-/m1/s1. The van der Waals surface area contributed by atoms with Crippen LogP contribution in [0.1, 0.15) is 31.9 Å². The lowest BCUT2D eigenvalue weighted by Gasteiger charge is -2.35. The number of nitrogens with one attached hydrogen (secondary N) is 2. The molecule has 114 valence electrons. The Morgan fingerprint density at radius 3 is 2.43 bits per heavy atom. The van der Waals surface area contributed by atoms with Gasteiger partial charge in [-0.25, -0.2) is 0 Å². The molecule has 1 aromatic rings. The molecule has 4 heteroatoms. The van der Waals surface area contributed by atoms with Crippen LogP contribution in [0.15, 0.2) is 36.4 Å². The highest BCUT2D eigenvalue weighted by molar-refractivity contribution is 5.88. The zero-order valence-electron chi connectivity index (χ0n) is 13.0. The third kappa shape index (κ3) is 4.69. The number of carbonyl (C=O) groups excluding carboxylic acids is 1. The number of hydrogen-bond donors (Lipinski definition) is 2. The first-order valence-electron chi connectivity index (χ1n) is 7.53. The lowest BCUT2D eigenvalue weighted by atomic mass is 9.97. The molecule has 0 aliphatic carbocycles. The molecule has 1 heterocycles. The minimum absolute atomic E-state index is 0.0386. The number of anilines is 1. The van der Waals surface area contributed by atoms with Gasteiger partial charge in [-0.2, -0.15) is 0 Å². The van der Waals surface area contributed by atoms with Crippen LogP contribution in [0.4, 0.5) is 5.69 Å². The number of piperazine rings is 1. The molecule has 1 amide bonds. The molecule has 1 atom stereocenters. The number of benzene rings is 1. The fourth-order valence-corrected chi connectivity index (χ4v) is 2.77. The molecule has 1 aliphatic rings. The summed E-state index contributed by atoms with van der Waals surface area (Å²) in [7, 11) is 0. The SMILES string of the molecule is C=C(C)C[C@H](c1ccc(NC(C)=O)cc1)N1CCNCC1. The molecule has 0 spiro atoms. The molecule has 0 saturated carbocycles. The molecule has 0 bridgehead atoms. The fraction of sp³-hybridized carbons (Fsp3) is 0.471. The number of carbonyl (C=O) groups is 1. The molecule has 1 saturated heterocycles. The van der Waals surface area contributed by atoms with Gasteiger partial charge in [0.2, 0.25) is 5.91 Å². The Labute approximate surface area is 127 Å². The number of amides is 1. The highest BCUT2D eigenvalue weighted by Crippen LogP contribution is 2.28. The van der Waals surface area contributed by atoms with E-state index in [9.17, 15) is 4.79 Å². The molecule has 2 rings (SSSR count). The van der Waals surface area contributed by atoms with Crippen LogP contribution < -0.4 is 10.6 Å². The number of nitrogens with zero attached hydrogens (tertiary/aromatic N) is 1. The molecule has 4 nitrogen and oxygen atoms in total. The molecule has 0 unspecified atom stereocenters. The molecular formula is C17H25N3O. The third-order valence-electron chi connectivity index (χ3n) is 3.75. The van der Waals surface area contributed by atoms with E-state index in [1.165, 1.54) is 18.1 Å². The van der Waals surface area contributed by atoms with Crippen molar-refractivity contribution in [3.05, 3.63) is 42.0 Å². The second kappa shape index (κ2) is 7.38. The van der Waals surface area contributed by atoms with Gasteiger partial charge < -0.3 is 10.6 Å². The molecule has 1 aliphatic heterocycles. The van der Waals surface area contributed by atoms with Gasteiger partial charge in [-0.3, -0.25) is 9.69 Å². The van der Waals surface area contributed by atoms with E-state index in [0.29, 0.717) is 6.04 Å². The topological polar surface area (TPSA) is 44.4 Å². The Hall–Kier alpha value is -1.65. The third-order valence-corrected chi connectivity index (χ3v) is 3.75. The van der Waals surface area contributed by atoms with Crippen LogP contribution in [-0.2, 0) is 4.79 Å². The van der Waals surface area contributed by atoms with Crippen LogP contribution in [0.3, 0.4) is 0 Å². The van der Waals surface area contributed by atoms with Gasteiger partial charge in [0, 0.05) is 44.8 Å². The summed E-state index contributed by atoms with van der Waals surface area (Å²) in [6.45, 7) is 11.9. The van der Waals surface area contributed by atoms with E-state index in [-0.39, 0.29) is 5.91 Å². The zero-order chi connectivity index (χ0) is 15.2. The van der Waals surface area contributed by atoms with Crippen LogP contribution in [0.2, 0.25) is 0 Å². The van der Waals surface area contributed by atoms with Crippen molar-refractivity contribution in [3.8, 4) is 0 Å². The van der Waals surface area contributed by atoms with E-state index in [4.69, 9.17) is 0 Å². The number of hydrogen-bond acceptors (Lipinski definition) is 3. The summed E-state index contributed by atoms with van der Waals surface area (Å²) in [5.74, 6) is -0.0386. The van der Waals surface area contributed by atoms with Gasteiger partial charge in [0.25, 0.3) is 0 Å². The van der Waals surface area contributed by atoms with Crippen molar-refractivity contribution in [3.63, 3.8) is 0 Å². The van der Waals surface area contributed by atoms with Gasteiger partial charge >= 0.3 is 0 Å². The highest BCUT2D eigenvalue weighted by atomic mass is 16.1. The average molecular weight is 287 g/mol. The molecule has 1 aromatic carbocycles. The first-order valence-corrected chi connectivity index (χ1v) is 7.53. The van der Waals surface area contributed by atoms with Crippen LogP contribution in [0, 0.1) is 0 Å². The maximum absolute atomic E-state index is 11.1. The Kier molecular flexibility index (Phi) is 5.53. The number of rotatable bonds is 5. The molecular weight excluding hydrogens is 262 g/mol. The van der Waals surface area contributed by atoms with Crippen molar-refractivity contribution in [1.82, 2.24) is 10.2 Å². The Morgan fingerprint density at radius 2 is 1.90 bits per heavy atom. The van der Waals surface area contributed by atoms with Crippen molar-refractivity contribution in [2.75, 3.05) is 31.5 Å². The first kappa shape index (κ1) is 15.7. The Morgan fingerprint density at radius 1 is 1.29 bits per heavy atom. The van der Waals surface area contributed by atoms with Gasteiger partial charge in [-0.15, -0.1) is 6.58 Å². The van der Waals surface area contributed by atoms with Crippen molar-refractivity contribution in [2.45, 2.75) is 26.3 Å². The van der Waals surface area contributed by atoms with E-state index < -0.39 is 0 Å². The second-order valence-electron chi connectivity index (χ2n) is 5.77. The Bertz CT molecular complexity index is 489. The summed E-state index contributed by atoms with van der Waals surface area (Å²) >= 11 is 0. The van der Waals surface area contributed by atoms with Gasteiger partial charge in [0.15, 0.2) is 0 Å². The zero-order valence-corrected chi connectivity index (χ0v) is 13.0.